The number of nitrogens with one attached hydrogen (secondary N) is 1. The third-order valence-electron chi connectivity index (χ3n) is 4.88. The number of rotatable bonds is 9. The molecule has 4 rings (SSSR count). The van der Waals surface area contributed by atoms with Crippen LogP contribution in [0.4, 0.5) is 4.39 Å². The highest BCUT2D eigenvalue weighted by Gasteiger charge is 2.21. The van der Waals surface area contributed by atoms with Gasteiger partial charge in [-0.1, -0.05) is 12.1 Å². The normalized spacial score (nSPS) is 13.9. The first-order valence-electron chi connectivity index (χ1n) is 9.67. The summed E-state index contributed by atoms with van der Waals surface area (Å²) in [6, 6.07) is 8.31. The Balaban J connectivity index is 1.36. The van der Waals surface area contributed by atoms with Gasteiger partial charge in [0.25, 0.3) is 5.91 Å². The van der Waals surface area contributed by atoms with Crippen LogP contribution in [0.15, 0.2) is 30.3 Å². The molecule has 0 radical (unpaired) electrons. The van der Waals surface area contributed by atoms with Crippen LogP contribution < -0.4 is 5.32 Å². The van der Waals surface area contributed by atoms with Crippen LogP contribution >= 0.6 is 11.3 Å². The molecule has 0 spiro atoms. The lowest BCUT2D eigenvalue weighted by molar-refractivity contribution is 0.0941. The summed E-state index contributed by atoms with van der Waals surface area (Å²) in [4.78, 5) is 14.1. The minimum Gasteiger partial charge on any atom is -0.381 e. The second-order valence-corrected chi connectivity index (χ2v) is 8.36. The van der Waals surface area contributed by atoms with Gasteiger partial charge in [-0.05, 0) is 55.9 Å². The molecule has 1 N–H and O–H groups in total. The molecule has 2 aromatic heterocycles. The van der Waals surface area contributed by atoms with E-state index in [1.807, 2.05) is 17.7 Å². The third kappa shape index (κ3) is 4.59. The molecular weight excluding hydrogens is 377 g/mol. The van der Waals surface area contributed by atoms with Gasteiger partial charge in [0.15, 0.2) is 0 Å². The van der Waals surface area contributed by atoms with Crippen LogP contribution in [0.2, 0.25) is 0 Å². The number of carbonyl (C=O) groups excluding carboxylic acids is 1. The van der Waals surface area contributed by atoms with Crippen molar-refractivity contribution in [3.05, 3.63) is 52.3 Å². The van der Waals surface area contributed by atoms with E-state index in [9.17, 15) is 9.18 Å². The molecule has 1 amide bonds. The van der Waals surface area contributed by atoms with E-state index in [0.29, 0.717) is 24.6 Å². The zero-order valence-electron chi connectivity index (χ0n) is 15.9. The number of carbonyl (C=O) groups is 1. The molecule has 0 atom stereocenters. The Bertz CT molecular complexity index is 960. The van der Waals surface area contributed by atoms with Crippen molar-refractivity contribution in [2.75, 3.05) is 19.8 Å². The molecule has 1 saturated carbocycles. The van der Waals surface area contributed by atoms with E-state index in [1.165, 1.54) is 36.3 Å². The van der Waals surface area contributed by atoms with Gasteiger partial charge in [0.1, 0.15) is 10.6 Å². The van der Waals surface area contributed by atoms with Gasteiger partial charge in [-0.2, -0.15) is 5.10 Å². The number of benzene rings is 1. The first-order valence-corrected chi connectivity index (χ1v) is 10.5. The van der Waals surface area contributed by atoms with Gasteiger partial charge in [-0.25, -0.2) is 4.39 Å². The number of hydrogen-bond donors (Lipinski definition) is 1. The summed E-state index contributed by atoms with van der Waals surface area (Å²) in [5.41, 5.74) is 1.86. The van der Waals surface area contributed by atoms with Gasteiger partial charge in [0, 0.05) is 25.1 Å². The number of amides is 1. The van der Waals surface area contributed by atoms with E-state index in [-0.39, 0.29) is 11.7 Å². The standard InChI is InChI=1S/C21H24FN3O2S/c1-14-18-11-19(20(26)23-9-2-10-27-13-16-3-4-16)28-21(18)25(24-14)12-15-5-7-17(22)8-6-15/h5-8,11,16H,2-4,9-10,12-13H2,1H3,(H,23,26). The van der Waals surface area contributed by atoms with Crippen molar-refractivity contribution in [1.29, 1.82) is 0 Å². The van der Waals surface area contributed by atoms with Crippen molar-refractivity contribution in [2.45, 2.75) is 32.7 Å². The Morgan fingerprint density at radius 2 is 2.14 bits per heavy atom. The quantitative estimate of drug-likeness (QED) is 0.548. The lowest BCUT2D eigenvalue weighted by atomic mass is 10.2. The van der Waals surface area contributed by atoms with Gasteiger partial charge in [-0.15, -0.1) is 11.3 Å². The third-order valence-corrected chi connectivity index (χ3v) is 6.03. The predicted octanol–water partition coefficient (Wildman–Crippen LogP) is 4.14. The summed E-state index contributed by atoms with van der Waals surface area (Å²) < 4.78 is 20.6. The van der Waals surface area contributed by atoms with Crippen molar-refractivity contribution >= 4 is 27.5 Å². The molecular formula is C21H24FN3O2S. The topological polar surface area (TPSA) is 56.2 Å². The Hall–Kier alpha value is -2.25. The highest BCUT2D eigenvalue weighted by atomic mass is 32.1. The van der Waals surface area contributed by atoms with E-state index in [4.69, 9.17) is 4.74 Å². The number of aromatic nitrogens is 2. The maximum atomic E-state index is 13.1. The van der Waals surface area contributed by atoms with E-state index in [2.05, 4.69) is 10.4 Å². The molecule has 0 saturated heterocycles. The molecule has 148 valence electrons. The van der Waals surface area contributed by atoms with Crippen LogP contribution in [0.5, 0.6) is 0 Å². The van der Waals surface area contributed by atoms with Gasteiger partial charge in [0.05, 0.1) is 17.1 Å². The van der Waals surface area contributed by atoms with Crippen molar-refractivity contribution in [2.24, 2.45) is 5.92 Å². The zero-order valence-corrected chi connectivity index (χ0v) is 16.7. The summed E-state index contributed by atoms with van der Waals surface area (Å²) >= 11 is 1.44. The highest BCUT2D eigenvalue weighted by Crippen LogP contribution is 2.29. The number of aryl methyl sites for hydroxylation is 1. The average Bonchev–Trinajstić information content (AvgIpc) is 3.32. The number of ether oxygens (including phenoxy) is 1. The molecule has 0 unspecified atom stereocenters. The number of fused-ring (bicyclic) bond motifs is 1. The maximum Gasteiger partial charge on any atom is 0.261 e. The van der Waals surface area contributed by atoms with E-state index in [0.717, 1.165) is 40.4 Å². The van der Waals surface area contributed by atoms with Gasteiger partial charge in [-0.3, -0.25) is 9.48 Å². The SMILES string of the molecule is Cc1nn(Cc2ccc(F)cc2)c2sc(C(=O)NCCCOCC3CC3)cc12. The maximum absolute atomic E-state index is 13.1. The lowest BCUT2D eigenvalue weighted by Crippen LogP contribution is -2.24. The average molecular weight is 402 g/mol. The molecule has 2 heterocycles. The fourth-order valence-corrected chi connectivity index (χ4v) is 4.17. The fourth-order valence-electron chi connectivity index (χ4n) is 3.09. The van der Waals surface area contributed by atoms with E-state index < -0.39 is 0 Å². The zero-order chi connectivity index (χ0) is 19.5. The summed E-state index contributed by atoms with van der Waals surface area (Å²) in [5.74, 6) is 0.459. The molecule has 1 aromatic carbocycles. The molecule has 1 aliphatic carbocycles. The molecule has 1 aliphatic rings. The van der Waals surface area contributed by atoms with E-state index >= 15 is 0 Å². The van der Waals surface area contributed by atoms with Crippen molar-refractivity contribution in [3.63, 3.8) is 0 Å². The Kier molecular flexibility index (Phi) is 5.73. The second kappa shape index (κ2) is 8.41. The summed E-state index contributed by atoms with van der Waals surface area (Å²) in [5, 5.41) is 8.53. The summed E-state index contributed by atoms with van der Waals surface area (Å²) in [6.07, 6.45) is 3.40. The lowest BCUT2D eigenvalue weighted by Gasteiger charge is -2.05. The Morgan fingerprint density at radius 3 is 2.89 bits per heavy atom. The molecule has 1 fully saturated rings. The number of halogens is 1. The monoisotopic (exact) mass is 401 g/mol. The molecule has 7 heteroatoms. The molecule has 5 nitrogen and oxygen atoms in total. The number of nitrogens with zero attached hydrogens (tertiary/aromatic N) is 2. The van der Waals surface area contributed by atoms with Crippen LogP contribution in [-0.4, -0.2) is 35.4 Å². The molecule has 3 aromatic rings. The van der Waals surface area contributed by atoms with Crippen LogP contribution in [0, 0.1) is 18.7 Å². The van der Waals surface area contributed by atoms with Crippen LogP contribution in [-0.2, 0) is 11.3 Å². The minimum atomic E-state index is -0.251. The first kappa shape index (κ1) is 19.1. The van der Waals surface area contributed by atoms with Crippen LogP contribution in [0.3, 0.4) is 0 Å². The molecule has 28 heavy (non-hydrogen) atoms. The fraction of sp³-hybridized carbons (Fsp3) is 0.429. The highest BCUT2D eigenvalue weighted by molar-refractivity contribution is 7.20. The number of hydrogen-bond acceptors (Lipinski definition) is 4. The van der Waals surface area contributed by atoms with E-state index in [1.54, 1.807) is 12.1 Å². The Morgan fingerprint density at radius 1 is 1.36 bits per heavy atom. The van der Waals surface area contributed by atoms with Crippen molar-refractivity contribution in [3.8, 4) is 0 Å². The van der Waals surface area contributed by atoms with Crippen LogP contribution in [0.25, 0.3) is 10.2 Å². The predicted molar refractivity (Wildman–Crippen MR) is 108 cm³/mol. The number of thiophene rings is 1. The van der Waals surface area contributed by atoms with Gasteiger partial charge in [0.2, 0.25) is 0 Å². The second-order valence-electron chi connectivity index (χ2n) is 7.33. The smallest absolute Gasteiger partial charge is 0.261 e. The molecule has 0 bridgehead atoms. The van der Waals surface area contributed by atoms with Crippen LogP contribution in [0.1, 0.15) is 40.2 Å². The minimum absolute atomic E-state index is 0.0591. The van der Waals surface area contributed by atoms with Crippen molar-refractivity contribution in [1.82, 2.24) is 15.1 Å². The van der Waals surface area contributed by atoms with Gasteiger partial charge < -0.3 is 10.1 Å². The van der Waals surface area contributed by atoms with Gasteiger partial charge >= 0.3 is 0 Å². The summed E-state index contributed by atoms with van der Waals surface area (Å²) in [6.45, 7) is 4.64. The molecule has 0 aliphatic heterocycles. The first-order chi connectivity index (χ1) is 13.6. The largest absolute Gasteiger partial charge is 0.381 e. The van der Waals surface area contributed by atoms with Crippen molar-refractivity contribution < 1.29 is 13.9 Å². The Labute approximate surface area is 167 Å². The summed E-state index contributed by atoms with van der Waals surface area (Å²) in [7, 11) is 0.